The summed E-state index contributed by atoms with van der Waals surface area (Å²) in [6.07, 6.45) is 3.38. The summed E-state index contributed by atoms with van der Waals surface area (Å²) in [6.45, 7) is 0.115. The molecule has 35 heavy (non-hydrogen) atoms. The number of alkyl carbamates (subject to hydrolysis) is 1. The van der Waals surface area contributed by atoms with Crippen LogP contribution in [0.1, 0.15) is 47.9 Å². The Labute approximate surface area is 202 Å². The molecule has 0 bridgehead atoms. The fourth-order valence-corrected chi connectivity index (χ4v) is 4.77. The van der Waals surface area contributed by atoms with Gasteiger partial charge in [-0.05, 0) is 35.1 Å². The number of rotatable bonds is 8. The summed E-state index contributed by atoms with van der Waals surface area (Å²) in [5.41, 5.74) is 4.13. The van der Waals surface area contributed by atoms with E-state index in [0.717, 1.165) is 22.3 Å². The van der Waals surface area contributed by atoms with Crippen molar-refractivity contribution in [2.24, 2.45) is 7.05 Å². The van der Waals surface area contributed by atoms with Crippen molar-refractivity contribution in [3.05, 3.63) is 77.6 Å². The maximum absolute atomic E-state index is 13.1. The second-order valence-electron chi connectivity index (χ2n) is 9.19. The highest BCUT2D eigenvalue weighted by Crippen LogP contribution is 2.44. The summed E-state index contributed by atoms with van der Waals surface area (Å²) in [7, 11) is 1.71. The number of carbonyl (C=O) groups is 3. The van der Waals surface area contributed by atoms with Gasteiger partial charge in [0.05, 0.1) is 18.2 Å². The van der Waals surface area contributed by atoms with Gasteiger partial charge >= 0.3 is 12.1 Å². The van der Waals surface area contributed by atoms with Gasteiger partial charge in [-0.25, -0.2) is 4.79 Å². The van der Waals surface area contributed by atoms with E-state index in [1.54, 1.807) is 13.2 Å². The molecule has 3 N–H and O–H groups in total. The Hall–Kier alpha value is -4.14. The number of amides is 2. The number of aliphatic carboxylic acids is 1. The average molecular weight is 475 g/mol. The van der Waals surface area contributed by atoms with Crippen molar-refractivity contribution in [3.8, 4) is 11.1 Å². The Morgan fingerprint density at radius 2 is 1.74 bits per heavy atom. The van der Waals surface area contributed by atoms with E-state index in [9.17, 15) is 14.4 Å². The Morgan fingerprint density at radius 3 is 2.29 bits per heavy atom. The van der Waals surface area contributed by atoms with Crippen molar-refractivity contribution in [1.82, 2.24) is 20.4 Å². The molecule has 9 nitrogen and oxygen atoms in total. The van der Waals surface area contributed by atoms with Gasteiger partial charge in [-0.2, -0.15) is 5.10 Å². The molecule has 1 fully saturated rings. The zero-order valence-corrected chi connectivity index (χ0v) is 19.2. The zero-order chi connectivity index (χ0) is 24.6. The van der Waals surface area contributed by atoms with Crippen LogP contribution in [0, 0.1) is 0 Å². The molecule has 5 rings (SSSR count). The number of fused-ring (bicyclic) bond motifs is 3. The van der Waals surface area contributed by atoms with E-state index < -0.39 is 29.6 Å². The third kappa shape index (κ3) is 4.62. The van der Waals surface area contributed by atoms with Crippen molar-refractivity contribution in [2.45, 2.75) is 36.8 Å². The normalized spacial score (nSPS) is 16.0. The lowest BCUT2D eigenvalue weighted by Gasteiger charge is -2.22. The van der Waals surface area contributed by atoms with Gasteiger partial charge in [0, 0.05) is 24.7 Å². The maximum Gasteiger partial charge on any atom is 0.408 e. The molecule has 180 valence electrons. The van der Waals surface area contributed by atoms with Crippen molar-refractivity contribution in [1.29, 1.82) is 0 Å². The van der Waals surface area contributed by atoms with Crippen molar-refractivity contribution in [2.75, 3.05) is 6.61 Å². The number of hydrogen-bond donors (Lipinski definition) is 3. The highest BCUT2D eigenvalue weighted by atomic mass is 16.5. The van der Waals surface area contributed by atoms with Crippen LogP contribution in [0.4, 0.5) is 4.79 Å². The number of nitrogens with one attached hydrogen (secondary N) is 2. The third-order valence-corrected chi connectivity index (χ3v) is 6.66. The smallest absolute Gasteiger partial charge is 0.408 e. The van der Waals surface area contributed by atoms with E-state index in [2.05, 4.69) is 27.9 Å². The summed E-state index contributed by atoms with van der Waals surface area (Å²) in [4.78, 5) is 37.1. The minimum Gasteiger partial charge on any atom is -0.481 e. The van der Waals surface area contributed by atoms with Crippen molar-refractivity contribution < 1.29 is 24.2 Å². The van der Waals surface area contributed by atoms with E-state index in [-0.39, 0.29) is 18.9 Å². The lowest BCUT2D eigenvalue weighted by Crippen LogP contribution is -2.46. The SMILES string of the molecule is Cn1cc(C(NC(=O)OCC2c3ccccc3-c3ccccc32)C(=O)NC2(CC(=O)O)CC2)cn1. The molecule has 2 aliphatic carbocycles. The van der Waals surface area contributed by atoms with Crippen LogP contribution in [0.5, 0.6) is 0 Å². The molecule has 2 aromatic carbocycles. The summed E-state index contributed by atoms with van der Waals surface area (Å²) in [6, 6.07) is 15.0. The minimum atomic E-state index is -1.06. The fraction of sp³-hybridized carbons (Fsp3) is 0.308. The molecule has 1 atom stereocenters. The van der Waals surface area contributed by atoms with Crippen LogP contribution < -0.4 is 10.6 Å². The van der Waals surface area contributed by atoms with E-state index in [1.807, 2.05) is 36.4 Å². The average Bonchev–Trinajstić information content (AvgIpc) is 3.30. The standard InChI is InChI=1S/C26H26N4O5/c1-30-14-16(13-27-30)23(24(33)29-26(10-11-26)12-22(31)32)28-25(34)35-15-21-19-8-4-2-6-17(19)18-7-3-5-9-20(18)21/h2-9,13-14,21,23H,10-12,15H2,1H3,(H,28,34)(H,29,33)(H,31,32). The van der Waals surface area contributed by atoms with Gasteiger partial charge in [-0.3, -0.25) is 14.3 Å². The highest BCUT2D eigenvalue weighted by molar-refractivity contribution is 5.88. The van der Waals surface area contributed by atoms with Crippen LogP contribution in [0.3, 0.4) is 0 Å². The van der Waals surface area contributed by atoms with Crippen LogP contribution in [0.25, 0.3) is 11.1 Å². The molecular formula is C26H26N4O5. The Kier molecular flexibility index (Phi) is 5.76. The van der Waals surface area contributed by atoms with Crippen LogP contribution >= 0.6 is 0 Å². The van der Waals surface area contributed by atoms with Crippen molar-refractivity contribution in [3.63, 3.8) is 0 Å². The number of hydrogen-bond acceptors (Lipinski definition) is 5. The quantitative estimate of drug-likeness (QED) is 0.461. The monoisotopic (exact) mass is 474 g/mol. The molecule has 0 saturated heterocycles. The molecule has 3 aromatic rings. The Morgan fingerprint density at radius 1 is 1.11 bits per heavy atom. The summed E-state index contributed by atoms with van der Waals surface area (Å²) < 4.78 is 7.13. The van der Waals surface area contributed by atoms with Gasteiger partial charge < -0.3 is 20.5 Å². The largest absolute Gasteiger partial charge is 0.481 e. The molecule has 0 aliphatic heterocycles. The fourth-order valence-electron chi connectivity index (χ4n) is 4.77. The number of ether oxygens (including phenoxy) is 1. The highest BCUT2D eigenvalue weighted by Gasteiger charge is 2.47. The van der Waals surface area contributed by atoms with E-state index in [1.165, 1.54) is 10.9 Å². The minimum absolute atomic E-state index is 0.107. The zero-order valence-electron chi connectivity index (χ0n) is 19.2. The van der Waals surface area contributed by atoms with Crippen LogP contribution in [0.2, 0.25) is 0 Å². The Bertz CT molecular complexity index is 1250. The molecule has 0 radical (unpaired) electrons. The van der Waals surface area contributed by atoms with E-state index in [0.29, 0.717) is 18.4 Å². The predicted octanol–water partition coefficient (Wildman–Crippen LogP) is 3.12. The number of carbonyl (C=O) groups excluding carboxylic acids is 2. The van der Waals surface area contributed by atoms with Gasteiger partial charge in [-0.15, -0.1) is 0 Å². The van der Waals surface area contributed by atoms with Crippen molar-refractivity contribution >= 4 is 18.0 Å². The summed E-state index contributed by atoms with van der Waals surface area (Å²) >= 11 is 0. The van der Waals surface area contributed by atoms with E-state index >= 15 is 0 Å². The number of carboxylic acid groups (broad SMARTS) is 1. The van der Waals surface area contributed by atoms with Gasteiger partial charge in [0.1, 0.15) is 12.6 Å². The second kappa shape index (κ2) is 8.90. The first-order chi connectivity index (χ1) is 16.8. The molecule has 2 aliphatic rings. The van der Waals surface area contributed by atoms with Gasteiger partial charge in [0.25, 0.3) is 0 Å². The molecule has 0 spiro atoms. The van der Waals surface area contributed by atoms with Gasteiger partial charge in [-0.1, -0.05) is 48.5 Å². The molecule has 1 unspecified atom stereocenters. The van der Waals surface area contributed by atoms with Crippen LogP contribution in [-0.4, -0.2) is 45.0 Å². The van der Waals surface area contributed by atoms with Crippen LogP contribution in [-0.2, 0) is 21.4 Å². The number of carboxylic acids is 1. The number of aromatic nitrogens is 2. The molecule has 1 heterocycles. The number of benzene rings is 2. The van der Waals surface area contributed by atoms with E-state index in [4.69, 9.17) is 9.84 Å². The molecule has 9 heteroatoms. The first kappa shape index (κ1) is 22.6. The molecule has 1 saturated carbocycles. The summed E-state index contributed by atoms with van der Waals surface area (Å²) in [5, 5.41) is 18.7. The third-order valence-electron chi connectivity index (χ3n) is 6.66. The second-order valence-corrected chi connectivity index (χ2v) is 9.19. The van der Waals surface area contributed by atoms with Gasteiger partial charge in [0.15, 0.2) is 0 Å². The van der Waals surface area contributed by atoms with Gasteiger partial charge in [0.2, 0.25) is 5.91 Å². The predicted molar refractivity (Wildman–Crippen MR) is 127 cm³/mol. The first-order valence-corrected chi connectivity index (χ1v) is 11.5. The maximum atomic E-state index is 13.1. The number of aryl methyl sites for hydroxylation is 1. The topological polar surface area (TPSA) is 123 Å². The molecular weight excluding hydrogens is 448 g/mol. The number of nitrogens with zero attached hydrogens (tertiary/aromatic N) is 2. The Balaban J connectivity index is 1.29. The molecule has 1 aromatic heterocycles. The first-order valence-electron chi connectivity index (χ1n) is 11.5. The lowest BCUT2D eigenvalue weighted by molar-refractivity contribution is -0.138. The lowest BCUT2D eigenvalue weighted by atomic mass is 9.98. The van der Waals surface area contributed by atoms with Crippen LogP contribution in [0.15, 0.2) is 60.9 Å². The molecule has 2 amide bonds. The summed E-state index contributed by atoms with van der Waals surface area (Å²) in [5.74, 6) is -1.58.